The van der Waals surface area contributed by atoms with Crippen LogP contribution in [0.15, 0.2) is 54.1 Å². The lowest BCUT2D eigenvalue weighted by Gasteiger charge is -2.18. The van der Waals surface area contributed by atoms with Crippen LogP contribution in [0.5, 0.6) is 0 Å². The number of para-hydroxylation sites is 2. The molecule has 1 atom stereocenters. The van der Waals surface area contributed by atoms with E-state index in [0.717, 1.165) is 42.4 Å². The van der Waals surface area contributed by atoms with E-state index in [9.17, 15) is 18.4 Å². The highest BCUT2D eigenvalue weighted by molar-refractivity contribution is 6.05. The molecular weight excluding hydrogens is 426 g/mol. The molecule has 6 nitrogen and oxygen atoms in total. The van der Waals surface area contributed by atoms with Crippen LogP contribution in [0, 0.1) is 11.6 Å². The fraction of sp³-hybridized carbons (Fsp3) is 0.320. The first kappa shape index (κ1) is 21.3. The van der Waals surface area contributed by atoms with Gasteiger partial charge >= 0.3 is 0 Å². The summed E-state index contributed by atoms with van der Waals surface area (Å²) in [6, 6.07) is 9.93. The Balaban J connectivity index is 1.39. The fourth-order valence-electron chi connectivity index (χ4n) is 4.66. The molecule has 0 spiro atoms. The molecule has 0 radical (unpaired) electrons. The van der Waals surface area contributed by atoms with Gasteiger partial charge in [0.2, 0.25) is 11.9 Å². The van der Waals surface area contributed by atoms with E-state index in [1.165, 1.54) is 24.5 Å². The van der Waals surface area contributed by atoms with Crippen molar-refractivity contribution in [1.29, 1.82) is 0 Å². The topological polar surface area (TPSA) is 67.2 Å². The molecule has 2 heterocycles. The van der Waals surface area contributed by atoms with Crippen molar-refractivity contribution >= 4 is 34.5 Å². The van der Waals surface area contributed by atoms with E-state index in [1.807, 2.05) is 28.8 Å². The first-order chi connectivity index (χ1) is 16.0. The molecule has 8 heteroatoms. The van der Waals surface area contributed by atoms with Gasteiger partial charge in [-0.05, 0) is 56.4 Å². The molecule has 5 rings (SSSR count). The number of rotatable bonds is 6. The van der Waals surface area contributed by atoms with Crippen LogP contribution in [-0.2, 0) is 9.59 Å². The number of carbonyl (C=O) groups excluding carboxylic acids is 2. The highest BCUT2D eigenvalue weighted by atomic mass is 19.2. The monoisotopic (exact) mass is 450 g/mol. The third-order valence-corrected chi connectivity index (χ3v) is 6.31. The van der Waals surface area contributed by atoms with Crippen molar-refractivity contribution in [2.75, 3.05) is 16.8 Å². The van der Waals surface area contributed by atoms with Gasteiger partial charge in [0.15, 0.2) is 11.6 Å². The van der Waals surface area contributed by atoms with Gasteiger partial charge in [0, 0.05) is 18.3 Å². The van der Waals surface area contributed by atoms with Crippen molar-refractivity contribution < 1.29 is 18.4 Å². The predicted molar refractivity (Wildman–Crippen MR) is 122 cm³/mol. The molecule has 1 N–H and O–H groups in total. The number of aromatic nitrogens is 2. The van der Waals surface area contributed by atoms with Gasteiger partial charge in [-0.15, -0.1) is 0 Å². The van der Waals surface area contributed by atoms with E-state index in [2.05, 4.69) is 16.4 Å². The zero-order valence-corrected chi connectivity index (χ0v) is 18.1. The Bertz CT molecular complexity index is 1270. The van der Waals surface area contributed by atoms with Crippen LogP contribution in [0.2, 0.25) is 0 Å². The van der Waals surface area contributed by atoms with Gasteiger partial charge in [-0.25, -0.2) is 13.8 Å². The molecule has 2 aliphatic rings. The van der Waals surface area contributed by atoms with Gasteiger partial charge in [-0.2, -0.15) is 0 Å². The maximum absolute atomic E-state index is 13.5. The molecule has 2 aromatic carbocycles. The minimum Gasteiger partial charge on any atom is -0.326 e. The Morgan fingerprint density at radius 3 is 2.76 bits per heavy atom. The maximum atomic E-state index is 13.5. The second-order valence-corrected chi connectivity index (χ2v) is 8.52. The zero-order valence-electron chi connectivity index (χ0n) is 18.1. The first-order valence-corrected chi connectivity index (χ1v) is 11.2. The van der Waals surface area contributed by atoms with Crippen LogP contribution in [0.3, 0.4) is 0 Å². The molecule has 0 saturated heterocycles. The van der Waals surface area contributed by atoms with Crippen molar-refractivity contribution in [2.24, 2.45) is 0 Å². The van der Waals surface area contributed by atoms with Gasteiger partial charge in [-0.1, -0.05) is 23.8 Å². The molecule has 0 bridgehead atoms. The number of carbonyl (C=O) groups is 2. The smallest absolute Gasteiger partial charge is 0.253 e. The molecule has 2 amide bonds. The number of hydrogen-bond acceptors (Lipinski definition) is 3. The van der Waals surface area contributed by atoms with Crippen LogP contribution >= 0.6 is 0 Å². The maximum Gasteiger partial charge on any atom is 0.253 e. The fourth-order valence-corrected chi connectivity index (χ4v) is 4.66. The van der Waals surface area contributed by atoms with Gasteiger partial charge in [-0.3, -0.25) is 19.1 Å². The van der Waals surface area contributed by atoms with Crippen molar-refractivity contribution in [3.63, 3.8) is 0 Å². The third-order valence-electron chi connectivity index (χ3n) is 6.31. The summed E-state index contributed by atoms with van der Waals surface area (Å²) in [6.07, 6.45) is 7.42. The number of imidazole rings is 1. The van der Waals surface area contributed by atoms with E-state index >= 15 is 0 Å². The summed E-state index contributed by atoms with van der Waals surface area (Å²) in [5, 5.41) is 2.57. The summed E-state index contributed by atoms with van der Waals surface area (Å²) in [5.41, 5.74) is 3.04. The number of amides is 2. The van der Waals surface area contributed by atoms with Crippen molar-refractivity contribution in [3.8, 4) is 0 Å². The van der Waals surface area contributed by atoms with E-state index in [4.69, 9.17) is 0 Å². The highest BCUT2D eigenvalue weighted by Crippen LogP contribution is 2.37. The Kier molecular flexibility index (Phi) is 5.66. The first-order valence-electron chi connectivity index (χ1n) is 11.2. The lowest BCUT2D eigenvalue weighted by Crippen LogP contribution is -2.32. The standard InChI is InChI=1S/C25H24F2N4O2/c26-18-11-10-17(14-19(18)27)28-23(32)15-22-24(33)30(13-12-16-6-2-1-3-7-16)25-29-20-8-4-5-9-21(20)31(22)25/h4-6,8-11,14,22H,1-3,7,12-13,15H2,(H,28,32). The quantitative estimate of drug-likeness (QED) is 0.530. The molecule has 1 aromatic heterocycles. The molecule has 33 heavy (non-hydrogen) atoms. The average molecular weight is 450 g/mol. The molecule has 0 fully saturated rings. The molecule has 1 unspecified atom stereocenters. The van der Waals surface area contributed by atoms with Gasteiger partial charge in [0.25, 0.3) is 5.91 Å². The number of nitrogens with one attached hydrogen (secondary N) is 1. The summed E-state index contributed by atoms with van der Waals surface area (Å²) in [6.45, 7) is 0.509. The van der Waals surface area contributed by atoms with E-state index in [0.29, 0.717) is 12.5 Å². The lowest BCUT2D eigenvalue weighted by atomic mass is 9.97. The van der Waals surface area contributed by atoms with E-state index in [1.54, 1.807) is 4.90 Å². The highest BCUT2D eigenvalue weighted by Gasteiger charge is 2.40. The lowest BCUT2D eigenvalue weighted by molar-refractivity contribution is -0.124. The number of nitrogens with zero attached hydrogens (tertiary/aromatic N) is 3. The van der Waals surface area contributed by atoms with Crippen LogP contribution in [0.1, 0.15) is 44.6 Å². The Labute approximate surface area is 189 Å². The number of fused-ring (bicyclic) bond motifs is 3. The van der Waals surface area contributed by atoms with Crippen LogP contribution in [-0.4, -0.2) is 27.9 Å². The SMILES string of the molecule is O=C(CC1C(=O)N(CCC2=CCCCC2)c2nc3ccccc3n21)Nc1ccc(F)c(F)c1. The summed E-state index contributed by atoms with van der Waals surface area (Å²) in [5.74, 6) is -2.13. The summed E-state index contributed by atoms with van der Waals surface area (Å²) < 4.78 is 28.5. The van der Waals surface area contributed by atoms with Gasteiger partial charge in [0.05, 0.1) is 17.5 Å². The Morgan fingerprint density at radius 1 is 1.12 bits per heavy atom. The van der Waals surface area contributed by atoms with Crippen LogP contribution < -0.4 is 10.2 Å². The molecule has 1 aliphatic heterocycles. The molecular formula is C25H24F2N4O2. The second-order valence-electron chi connectivity index (χ2n) is 8.52. The zero-order chi connectivity index (χ0) is 22.9. The third kappa shape index (κ3) is 4.13. The van der Waals surface area contributed by atoms with E-state index in [-0.39, 0.29) is 18.0 Å². The summed E-state index contributed by atoms with van der Waals surface area (Å²) in [7, 11) is 0. The molecule has 1 aliphatic carbocycles. The number of anilines is 2. The van der Waals surface area contributed by atoms with Crippen LogP contribution in [0.4, 0.5) is 20.4 Å². The summed E-state index contributed by atoms with van der Waals surface area (Å²) >= 11 is 0. The Hall–Kier alpha value is -3.55. The van der Waals surface area contributed by atoms with Crippen molar-refractivity contribution in [1.82, 2.24) is 9.55 Å². The largest absolute Gasteiger partial charge is 0.326 e. The van der Waals surface area contributed by atoms with Crippen molar-refractivity contribution in [3.05, 3.63) is 65.7 Å². The number of halogens is 2. The molecule has 170 valence electrons. The van der Waals surface area contributed by atoms with Crippen LogP contribution in [0.25, 0.3) is 11.0 Å². The minimum atomic E-state index is -1.05. The van der Waals surface area contributed by atoms with Gasteiger partial charge in [0.1, 0.15) is 6.04 Å². The van der Waals surface area contributed by atoms with E-state index < -0.39 is 23.6 Å². The van der Waals surface area contributed by atoms with Gasteiger partial charge < -0.3 is 5.32 Å². The number of benzene rings is 2. The number of allylic oxidation sites excluding steroid dienone is 1. The molecule has 0 saturated carbocycles. The average Bonchev–Trinajstić information content (AvgIpc) is 3.30. The predicted octanol–water partition coefficient (Wildman–Crippen LogP) is 5.12. The molecule has 3 aromatic rings. The number of hydrogen-bond donors (Lipinski definition) is 1. The minimum absolute atomic E-state index is 0.135. The normalized spacial score (nSPS) is 17.9. The second kappa shape index (κ2) is 8.77. The summed E-state index contributed by atoms with van der Waals surface area (Å²) in [4.78, 5) is 32.5. The van der Waals surface area contributed by atoms with Crippen molar-refractivity contribution in [2.45, 2.75) is 44.6 Å². The Morgan fingerprint density at radius 2 is 1.97 bits per heavy atom.